The highest BCUT2D eigenvalue weighted by atomic mass is 35.5. The van der Waals surface area contributed by atoms with Crippen LogP contribution in [0.15, 0.2) is 54.7 Å². The van der Waals surface area contributed by atoms with Gasteiger partial charge in [-0.25, -0.2) is 14.3 Å². The van der Waals surface area contributed by atoms with Gasteiger partial charge in [0.15, 0.2) is 0 Å². The van der Waals surface area contributed by atoms with Crippen molar-refractivity contribution in [2.24, 2.45) is 0 Å². The molecule has 2 heterocycles. The second kappa shape index (κ2) is 8.41. The van der Waals surface area contributed by atoms with Crippen molar-refractivity contribution in [2.75, 3.05) is 19.6 Å². The molecule has 0 radical (unpaired) electrons. The van der Waals surface area contributed by atoms with Crippen molar-refractivity contribution in [3.8, 4) is 6.07 Å². The number of nitrogens with zero attached hydrogens (tertiary/aromatic N) is 3. The molecule has 1 amide bonds. The molecular weight excluding hydrogens is 398 g/mol. The zero-order valence-electron chi connectivity index (χ0n) is 16.7. The molecule has 1 aliphatic heterocycles. The van der Waals surface area contributed by atoms with Gasteiger partial charge in [0.1, 0.15) is 30.6 Å². The second-order valence-electron chi connectivity index (χ2n) is 7.60. The molecule has 0 aliphatic carbocycles. The highest BCUT2D eigenvalue weighted by molar-refractivity contribution is 6.30. The van der Waals surface area contributed by atoms with Crippen molar-refractivity contribution >= 4 is 23.2 Å². The van der Waals surface area contributed by atoms with Crippen LogP contribution in [0.1, 0.15) is 28.7 Å². The topological polar surface area (TPSA) is 81.6 Å². The average Bonchev–Trinajstić information content (AvgIpc) is 3.19. The number of piperazine rings is 1. The number of benzene rings is 2. The summed E-state index contributed by atoms with van der Waals surface area (Å²) in [6.45, 7) is 3.53. The Morgan fingerprint density at radius 3 is 2.70 bits per heavy atom. The fourth-order valence-corrected chi connectivity index (χ4v) is 4.46. The van der Waals surface area contributed by atoms with Crippen LogP contribution >= 0.6 is 11.6 Å². The maximum atomic E-state index is 13.5. The van der Waals surface area contributed by atoms with Crippen LogP contribution in [0.4, 0.5) is 5.69 Å². The van der Waals surface area contributed by atoms with Crippen LogP contribution in [-0.2, 0) is 11.2 Å². The van der Waals surface area contributed by atoms with Gasteiger partial charge in [-0.1, -0.05) is 29.8 Å². The van der Waals surface area contributed by atoms with Crippen molar-refractivity contribution in [1.82, 2.24) is 19.8 Å². The molecule has 6 nitrogen and oxygen atoms in total. The number of quaternary nitrogens is 1. The number of carbonyl (C=O) groups excluding carboxylic acids is 1. The molecule has 4 rings (SSSR count). The SMILES string of the molecule is Cc1ncc(C(Cc2ccc(C#N)cc2)[N+]2(c3cccc(Cl)c3)CCNCC2=O)[nH]1. The number of imidazole rings is 1. The van der Waals surface area contributed by atoms with E-state index in [9.17, 15) is 4.79 Å². The highest BCUT2D eigenvalue weighted by Gasteiger charge is 2.49. The largest absolute Gasteiger partial charge is 0.341 e. The van der Waals surface area contributed by atoms with E-state index in [2.05, 4.69) is 21.4 Å². The van der Waals surface area contributed by atoms with Crippen LogP contribution in [0.2, 0.25) is 5.02 Å². The fourth-order valence-electron chi connectivity index (χ4n) is 4.27. The number of nitrogens with one attached hydrogen (secondary N) is 2. The van der Waals surface area contributed by atoms with Crippen LogP contribution in [0.3, 0.4) is 0 Å². The molecule has 0 saturated carbocycles. The number of rotatable bonds is 5. The number of aromatic nitrogens is 2. The molecule has 2 N–H and O–H groups in total. The van der Waals surface area contributed by atoms with E-state index in [1.54, 1.807) is 0 Å². The molecular formula is C23H23ClN5O+. The third-order valence-electron chi connectivity index (χ3n) is 5.76. The van der Waals surface area contributed by atoms with E-state index in [-0.39, 0.29) is 16.4 Å². The predicted octanol–water partition coefficient (Wildman–Crippen LogP) is 3.66. The van der Waals surface area contributed by atoms with Gasteiger partial charge in [-0.15, -0.1) is 0 Å². The van der Waals surface area contributed by atoms with Crippen molar-refractivity contribution < 1.29 is 4.79 Å². The number of hydrogen-bond acceptors (Lipinski definition) is 4. The van der Waals surface area contributed by atoms with Crippen LogP contribution < -0.4 is 9.80 Å². The number of amides is 1. The first-order chi connectivity index (χ1) is 14.5. The summed E-state index contributed by atoms with van der Waals surface area (Å²) in [4.78, 5) is 21.3. The summed E-state index contributed by atoms with van der Waals surface area (Å²) in [6.07, 6.45) is 2.44. The zero-order valence-corrected chi connectivity index (χ0v) is 17.5. The number of H-pyrrole nitrogens is 1. The minimum atomic E-state index is -0.202. The molecule has 152 valence electrons. The minimum Gasteiger partial charge on any atom is -0.341 e. The highest BCUT2D eigenvalue weighted by Crippen LogP contribution is 2.39. The molecule has 2 unspecified atom stereocenters. The van der Waals surface area contributed by atoms with Gasteiger partial charge in [-0.2, -0.15) is 5.26 Å². The van der Waals surface area contributed by atoms with Crippen molar-refractivity contribution in [3.63, 3.8) is 0 Å². The van der Waals surface area contributed by atoms with Crippen molar-refractivity contribution in [1.29, 1.82) is 5.26 Å². The van der Waals surface area contributed by atoms with E-state index in [0.717, 1.165) is 29.3 Å². The van der Waals surface area contributed by atoms with E-state index in [0.29, 0.717) is 30.1 Å². The lowest BCUT2D eigenvalue weighted by molar-refractivity contribution is -0.133. The Hall–Kier alpha value is -2.98. The fraction of sp³-hybridized carbons (Fsp3) is 0.261. The van der Waals surface area contributed by atoms with Crippen LogP contribution in [0, 0.1) is 18.3 Å². The molecule has 2 atom stereocenters. The van der Waals surface area contributed by atoms with Gasteiger partial charge in [-0.3, -0.25) is 5.32 Å². The van der Waals surface area contributed by atoms with Gasteiger partial charge in [0.25, 0.3) is 0 Å². The number of aromatic amines is 1. The Kier molecular flexibility index (Phi) is 5.69. The summed E-state index contributed by atoms with van der Waals surface area (Å²) >= 11 is 6.33. The van der Waals surface area contributed by atoms with Crippen LogP contribution in [0.5, 0.6) is 0 Å². The summed E-state index contributed by atoms with van der Waals surface area (Å²) < 4.78 is 0.162. The van der Waals surface area contributed by atoms with Crippen molar-refractivity contribution in [2.45, 2.75) is 19.4 Å². The van der Waals surface area contributed by atoms with Gasteiger partial charge in [0, 0.05) is 24.1 Å². The number of hydrogen-bond donors (Lipinski definition) is 2. The summed E-state index contributed by atoms with van der Waals surface area (Å²) in [5.41, 5.74) is 3.45. The predicted molar refractivity (Wildman–Crippen MR) is 117 cm³/mol. The smallest absolute Gasteiger partial charge is 0.333 e. The normalized spacial score (nSPS) is 20.0. The first kappa shape index (κ1) is 20.3. The molecule has 1 aromatic heterocycles. The molecule has 0 bridgehead atoms. The van der Waals surface area contributed by atoms with E-state index < -0.39 is 0 Å². The monoisotopic (exact) mass is 420 g/mol. The van der Waals surface area contributed by atoms with Gasteiger partial charge in [0.2, 0.25) is 0 Å². The van der Waals surface area contributed by atoms with Gasteiger partial charge < -0.3 is 4.98 Å². The molecule has 1 fully saturated rings. The van der Waals surface area contributed by atoms with E-state index in [1.165, 1.54) is 0 Å². The maximum absolute atomic E-state index is 13.5. The van der Waals surface area contributed by atoms with Gasteiger partial charge in [0.05, 0.1) is 23.5 Å². The van der Waals surface area contributed by atoms with Crippen LogP contribution in [-0.4, -0.2) is 35.5 Å². The summed E-state index contributed by atoms with van der Waals surface area (Å²) in [7, 11) is 0. The lowest BCUT2D eigenvalue weighted by atomic mass is 9.96. The van der Waals surface area contributed by atoms with Gasteiger partial charge >= 0.3 is 5.91 Å². The molecule has 1 saturated heterocycles. The Bertz CT molecular complexity index is 1100. The molecule has 2 aromatic carbocycles. The lowest BCUT2D eigenvalue weighted by Gasteiger charge is -2.44. The number of carbonyl (C=O) groups is 1. The van der Waals surface area contributed by atoms with Crippen molar-refractivity contribution in [3.05, 3.63) is 82.4 Å². The summed E-state index contributed by atoms with van der Waals surface area (Å²) in [5.74, 6) is 0.899. The average molecular weight is 421 g/mol. The minimum absolute atomic E-state index is 0.0921. The number of halogens is 1. The Morgan fingerprint density at radius 2 is 2.07 bits per heavy atom. The summed E-state index contributed by atoms with van der Waals surface area (Å²) in [5, 5.41) is 12.9. The molecule has 30 heavy (non-hydrogen) atoms. The maximum Gasteiger partial charge on any atom is 0.333 e. The first-order valence-electron chi connectivity index (χ1n) is 9.91. The molecule has 1 aliphatic rings. The molecule has 3 aromatic rings. The second-order valence-corrected chi connectivity index (χ2v) is 8.03. The Labute approximate surface area is 180 Å². The zero-order chi connectivity index (χ0) is 21.1. The number of aryl methyl sites for hydroxylation is 1. The van der Waals surface area contributed by atoms with Crippen LogP contribution in [0.25, 0.3) is 0 Å². The number of nitriles is 1. The molecule has 0 spiro atoms. The lowest BCUT2D eigenvalue weighted by Crippen LogP contribution is -2.65. The third kappa shape index (κ3) is 3.75. The quantitative estimate of drug-likeness (QED) is 0.617. The standard InChI is InChI=1S/C23H23ClN5O/c1-16-27-14-21(28-16)22(11-17-5-7-18(13-25)8-6-17)29(10-9-26-15-23(29)30)20-4-2-3-19(24)12-20/h2-8,12,14,22,26H,9-11,15H2,1H3,(H,27,28)/q+1. The van der Waals surface area contributed by atoms with E-state index >= 15 is 0 Å². The summed E-state index contributed by atoms with van der Waals surface area (Å²) in [6, 6.07) is 17.1. The van der Waals surface area contributed by atoms with Gasteiger partial charge in [-0.05, 0) is 36.8 Å². The Balaban J connectivity index is 1.86. The molecule has 7 heteroatoms. The first-order valence-corrected chi connectivity index (χ1v) is 10.3. The Morgan fingerprint density at radius 1 is 1.27 bits per heavy atom. The van der Waals surface area contributed by atoms with E-state index in [4.69, 9.17) is 16.9 Å². The van der Waals surface area contributed by atoms with E-state index in [1.807, 2.05) is 61.7 Å². The third-order valence-corrected chi connectivity index (χ3v) is 5.99.